The van der Waals surface area contributed by atoms with Gasteiger partial charge in [-0.1, -0.05) is 36.1 Å². The molecule has 1 aromatic carbocycles. The maximum absolute atomic E-state index is 12.6. The first kappa shape index (κ1) is 14.1. The molecule has 0 unspecified atom stereocenters. The fourth-order valence-electron chi connectivity index (χ4n) is 2.16. The van der Waals surface area contributed by atoms with Gasteiger partial charge < -0.3 is 4.42 Å². The maximum Gasteiger partial charge on any atom is 0.270 e. The van der Waals surface area contributed by atoms with Crippen molar-refractivity contribution in [1.29, 1.82) is 0 Å². The highest BCUT2D eigenvalue weighted by molar-refractivity contribution is 8.27. The normalized spacial score (nSPS) is 17.0. The van der Waals surface area contributed by atoms with E-state index in [1.54, 1.807) is 23.3 Å². The minimum atomic E-state index is -0.102. The van der Waals surface area contributed by atoms with E-state index in [1.165, 1.54) is 11.8 Å². The van der Waals surface area contributed by atoms with Crippen molar-refractivity contribution in [2.24, 2.45) is 0 Å². The Kier molecular flexibility index (Phi) is 3.69. The number of anilines is 1. The Bertz CT molecular complexity index is 748. The van der Waals surface area contributed by atoms with Crippen LogP contribution < -0.4 is 4.90 Å². The van der Waals surface area contributed by atoms with E-state index in [0.717, 1.165) is 16.8 Å². The first-order valence-electron chi connectivity index (χ1n) is 6.45. The van der Waals surface area contributed by atoms with Gasteiger partial charge in [-0.2, -0.15) is 0 Å². The molecular weight excluding hydrogens is 302 g/mol. The number of thioether (sulfide) groups is 1. The molecule has 1 saturated heterocycles. The Morgan fingerprint density at radius 2 is 2.05 bits per heavy atom. The number of carbonyl (C=O) groups is 1. The van der Waals surface area contributed by atoms with Gasteiger partial charge in [0, 0.05) is 6.08 Å². The van der Waals surface area contributed by atoms with Crippen LogP contribution in [0.3, 0.4) is 0 Å². The number of nitrogens with zero attached hydrogens (tertiary/aromatic N) is 1. The first-order chi connectivity index (χ1) is 10.1. The average Bonchev–Trinajstić information content (AvgIpc) is 3.04. The van der Waals surface area contributed by atoms with E-state index in [1.807, 2.05) is 38.1 Å². The zero-order chi connectivity index (χ0) is 15.0. The summed E-state index contributed by atoms with van der Waals surface area (Å²) in [5.74, 6) is 0.548. The Labute approximate surface area is 132 Å². The van der Waals surface area contributed by atoms with Gasteiger partial charge in [0.25, 0.3) is 5.91 Å². The highest BCUT2D eigenvalue weighted by Crippen LogP contribution is 2.37. The van der Waals surface area contributed by atoms with E-state index in [4.69, 9.17) is 16.6 Å². The van der Waals surface area contributed by atoms with Crippen LogP contribution >= 0.6 is 24.0 Å². The number of rotatable bonds is 2. The molecule has 1 aromatic heterocycles. The summed E-state index contributed by atoms with van der Waals surface area (Å²) in [7, 11) is 0. The van der Waals surface area contributed by atoms with Crippen LogP contribution in [0.2, 0.25) is 0 Å². The quantitative estimate of drug-likeness (QED) is 0.611. The molecule has 0 spiro atoms. The number of aryl methyl sites for hydroxylation is 1. The van der Waals surface area contributed by atoms with Crippen molar-refractivity contribution in [3.63, 3.8) is 0 Å². The van der Waals surface area contributed by atoms with E-state index in [0.29, 0.717) is 15.0 Å². The molecule has 106 valence electrons. The van der Waals surface area contributed by atoms with Gasteiger partial charge in [-0.3, -0.25) is 9.69 Å². The van der Waals surface area contributed by atoms with Gasteiger partial charge in [0.15, 0.2) is 4.32 Å². The summed E-state index contributed by atoms with van der Waals surface area (Å²) in [4.78, 5) is 14.8. The minimum absolute atomic E-state index is 0.102. The average molecular weight is 315 g/mol. The van der Waals surface area contributed by atoms with Crippen LogP contribution in [0, 0.1) is 13.8 Å². The standard InChI is InChI=1S/C16H13NO2S2/c1-10-5-3-7-13(11(10)2)17-15(18)14(21-16(17)20)9-12-6-4-8-19-12/h3-9H,1-2H3. The van der Waals surface area contributed by atoms with E-state index < -0.39 is 0 Å². The summed E-state index contributed by atoms with van der Waals surface area (Å²) in [6, 6.07) is 9.48. The Morgan fingerprint density at radius 3 is 2.76 bits per heavy atom. The van der Waals surface area contributed by atoms with Crippen molar-refractivity contribution in [2.75, 3.05) is 4.90 Å². The zero-order valence-electron chi connectivity index (χ0n) is 11.6. The van der Waals surface area contributed by atoms with Gasteiger partial charge in [0.05, 0.1) is 16.9 Å². The molecule has 21 heavy (non-hydrogen) atoms. The first-order valence-corrected chi connectivity index (χ1v) is 7.68. The van der Waals surface area contributed by atoms with Gasteiger partial charge in [-0.05, 0) is 43.2 Å². The van der Waals surface area contributed by atoms with Gasteiger partial charge in [-0.25, -0.2) is 0 Å². The predicted octanol–water partition coefficient (Wildman–Crippen LogP) is 4.30. The largest absolute Gasteiger partial charge is 0.465 e. The molecule has 3 nitrogen and oxygen atoms in total. The van der Waals surface area contributed by atoms with E-state index in [-0.39, 0.29) is 5.91 Å². The summed E-state index contributed by atoms with van der Waals surface area (Å²) >= 11 is 6.67. The summed E-state index contributed by atoms with van der Waals surface area (Å²) in [5.41, 5.74) is 3.05. The van der Waals surface area contributed by atoms with Crippen LogP contribution in [-0.2, 0) is 4.79 Å². The van der Waals surface area contributed by atoms with Crippen molar-refractivity contribution in [2.45, 2.75) is 13.8 Å². The number of hydrogen-bond acceptors (Lipinski definition) is 4. The van der Waals surface area contributed by atoms with Gasteiger partial charge in [-0.15, -0.1) is 0 Å². The molecule has 0 N–H and O–H groups in total. The summed E-state index contributed by atoms with van der Waals surface area (Å²) in [6.07, 6.45) is 3.31. The summed E-state index contributed by atoms with van der Waals surface area (Å²) in [5, 5.41) is 0. The van der Waals surface area contributed by atoms with Crippen LogP contribution in [-0.4, -0.2) is 10.2 Å². The fourth-order valence-corrected chi connectivity index (χ4v) is 3.42. The van der Waals surface area contributed by atoms with Crippen LogP contribution in [0.4, 0.5) is 5.69 Å². The Morgan fingerprint density at radius 1 is 1.24 bits per heavy atom. The number of furan rings is 1. The molecule has 0 atom stereocenters. The van der Waals surface area contributed by atoms with Crippen LogP contribution in [0.1, 0.15) is 16.9 Å². The van der Waals surface area contributed by atoms with Crippen molar-refractivity contribution in [1.82, 2.24) is 0 Å². The fraction of sp³-hybridized carbons (Fsp3) is 0.125. The lowest BCUT2D eigenvalue weighted by atomic mass is 10.1. The molecule has 0 aliphatic carbocycles. The van der Waals surface area contributed by atoms with Gasteiger partial charge in [0.2, 0.25) is 0 Å². The number of carbonyl (C=O) groups excluding carboxylic acids is 1. The summed E-state index contributed by atoms with van der Waals surface area (Å²) < 4.78 is 5.81. The van der Waals surface area contributed by atoms with Crippen molar-refractivity contribution in [3.8, 4) is 0 Å². The highest BCUT2D eigenvalue weighted by atomic mass is 32.2. The molecule has 3 rings (SSSR count). The summed E-state index contributed by atoms with van der Waals surface area (Å²) in [6.45, 7) is 4.02. The van der Waals surface area contributed by atoms with E-state index in [2.05, 4.69) is 0 Å². The molecule has 2 aromatic rings. The van der Waals surface area contributed by atoms with E-state index in [9.17, 15) is 4.79 Å². The topological polar surface area (TPSA) is 33.5 Å². The Balaban J connectivity index is 2.00. The lowest BCUT2D eigenvalue weighted by Gasteiger charge is -2.18. The van der Waals surface area contributed by atoms with E-state index >= 15 is 0 Å². The molecule has 5 heteroatoms. The molecule has 1 amide bonds. The second kappa shape index (κ2) is 5.50. The third-order valence-electron chi connectivity index (χ3n) is 3.43. The second-order valence-electron chi connectivity index (χ2n) is 4.75. The second-order valence-corrected chi connectivity index (χ2v) is 6.43. The molecule has 0 bridgehead atoms. The minimum Gasteiger partial charge on any atom is -0.465 e. The van der Waals surface area contributed by atoms with Gasteiger partial charge >= 0.3 is 0 Å². The molecule has 2 heterocycles. The molecule has 1 aliphatic heterocycles. The number of hydrogen-bond donors (Lipinski definition) is 0. The number of amides is 1. The zero-order valence-corrected chi connectivity index (χ0v) is 13.3. The third kappa shape index (κ3) is 2.54. The molecule has 0 radical (unpaired) electrons. The van der Waals surface area contributed by atoms with Crippen molar-refractivity contribution in [3.05, 3.63) is 58.4 Å². The van der Waals surface area contributed by atoms with Crippen LogP contribution in [0.25, 0.3) is 6.08 Å². The maximum atomic E-state index is 12.6. The van der Waals surface area contributed by atoms with Gasteiger partial charge in [0.1, 0.15) is 5.76 Å². The number of thiocarbonyl (C=S) groups is 1. The molecule has 1 aliphatic rings. The molecule has 0 saturated carbocycles. The lowest BCUT2D eigenvalue weighted by Crippen LogP contribution is -2.28. The predicted molar refractivity (Wildman–Crippen MR) is 90.3 cm³/mol. The molecular formula is C16H13NO2S2. The van der Waals surface area contributed by atoms with Crippen molar-refractivity contribution >= 4 is 46.0 Å². The van der Waals surface area contributed by atoms with Crippen LogP contribution in [0.5, 0.6) is 0 Å². The highest BCUT2D eigenvalue weighted by Gasteiger charge is 2.34. The van der Waals surface area contributed by atoms with Crippen molar-refractivity contribution < 1.29 is 9.21 Å². The number of benzene rings is 1. The third-order valence-corrected chi connectivity index (χ3v) is 4.73. The monoisotopic (exact) mass is 315 g/mol. The molecule has 1 fully saturated rings. The Hall–Kier alpha value is -1.85. The van der Waals surface area contributed by atoms with Crippen LogP contribution in [0.15, 0.2) is 45.9 Å². The SMILES string of the molecule is Cc1cccc(N2C(=O)C(=Cc3ccco3)SC2=S)c1C. The smallest absolute Gasteiger partial charge is 0.270 e. The lowest BCUT2D eigenvalue weighted by molar-refractivity contribution is -0.113.